The zero-order valence-electron chi connectivity index (χ0n) is 19.2. The van der Waals surface area contributed by atoms with Crippen LogP contribution in [0.5, 0.6) is 0 Å². The van der Waals surface area contributed by atoms with E-state index in [1.807, 2.05) is 12.1 Å². The van der Waals surface area contributed by atoms with Gasteiger partial charge in [0.1, 0.15) is 23.3 Å². The average Bonchev–Trinajstić information content (AvgIpc) is 3.23. The van der Waals surface area contributed by atoms with Gasteiger partial charge in [-0.2, -0.15) is 0 Å². The molecule has 1 aromatic heterocycles. The first-order valence-electron chi connectivity index (χ1n) is 11.3. The molecule has 0 saturated carbocycles. The van der Waals surface area contributed by atoms with Crippen molar-refractivity contribution in [2.75, 3.05) is 0 Å². The van der Waals surface area contributed by atoms with Crippen molar-refractivity contribution in [3.63, 3.8) is 0 Å². The highest BCUT2D eigenvalue weighted by Gasteiger charge is 2.22. The molecule has 0 aliphatic heterocycles. The van der Waals surface area contributed by atoms with Crippen molar-refractivity contribution in [1.82, 2.24) is 0 Å². The van der Waals surface area contributed by atoms with Gasteiger partial charge < -0.3 is 0 Å². The van der Waals surface area contributed by atoms with Crippen molar-refractivity contribution >= 4 is 21.4 Å². The molecule has 0 amide bonds. The summed E-state index contributed by atoms with van der Waals surface area (Å²) in [6.07, 6.45) is 1.93. The van der Waals surface area contributed by atoms with Gasteiger partial charge in [-0.05, 0) is 82.6 Å². The number of fused-ring (bicyclic) bond motifs is 1. The fraction of sp³-hybridized carbons (Fsp3) is 0.103. The van der Waals surface area contributed by atoms with Gasteiger partial charge in [0.2, 0.25) is 0 Å². The molecule has 4 aromatic carbocycles. The lowest BCUT2D eigenvalue weighted by Gasteiger charge is -2.12. The molecular weight excluding hydrogens is 513 g/mol. The predicted octanol–water partition coefficient (Wildman–Crippen LogP) is 9.83. The quantitative estimate of drug-likeness (QED) is 0.157. The molecule has 0 nitrogen and oxygen atoms in total. The summed E-state index contributed by atoms with van der Waals surface area (Å²) < 4.78 is 101. The lowest BCUT2D eigenvalue weighted by molar-refractivity contribution is 0.447. The van der Waals surface area contributed by atoms with Crippen LogP contribution in [0, 0.1) is 40.7 Å². The largest absolute Gasteiger partial charge is 0.206 e. The zero-order valence-corrected chi connectivity index (χ0v) is 20.1. The van der Waals surface area contributed by atoms with E-state index in [2.05, 4.69) is 13.0 Å². The van der Waals surface area contributed by atoms with Crippen LogP contribution in [0.2, 0.25) is 0 Å². The summed E-state index contributed by atoms with van der Waals surface area (Å²) in [5.41, 5.74) is -1.73. The van der Waals surface area contributed by atoms with E-state index in [1.165, 1.54) is 4.88 Å². The Labute approximate surface area is 211 Å². The second kappa shape index (κ2) is 9.67. The highest BCUT2D eigenvalue weighted by Crippen LogP contribution is 2.37. The molecule has 8 heteroatoms. The SMILES string of the molecule is CCCc1cc2ccc(-c3cc(F)c(-c4cc(F)c(-c5cc(F)c(F)c(F)c5)c(F)c4)c(F)c3)cc2s1. The second-order valence-electron chi connectivity index (χ2n) is 8.60. The molecule has 5 rings (SSSR count). The van der Waals surface area contributed by atoms with E-state index in [0.29, 0.717) is 29.8 Å². The molecular formula is C29H17F7S. The summed E-state index contributed by atoms with van der Waals surface area (Å²) in [6, 6.07) is 11.9. The minimum atomic E-state index is -1.79. The fourth-order valence-corrected chi connectivity index (χ4v) is 5.55. The van der Waals surface area contributed by atoms with Gasteiger partial charge >= 0.3 is 0 Å². The van der Waals surface area contributed by atoms with Gasteiger partial charge in [-0.3, -0.25) is 0 Å². The van der Waals surface area contributed by atoms with Crippen molar-refractivity contribution in [1.29, 1.82) is 0 Å². The molecule has 0 saturated heterocycles. The Balaban J connectivity index is 1.55. The van der Waals surface area contributed by atoms with Crippen LogP contribution in [-0.2, 0) is 6.42 Å². The first-order chi connectivity index (χ1) is 17.7. The summed E-state index contributed by atoms with van der Waals surface area (Å²) >= 11 is 1.61. The smallest absolute Gasteiger partial charge is 0.194 e. The van der Waals surface area contributed by atoms with Gasteiger partial charge in [0, 0.05) is 9.58 Å². The Morgan fingerprint density at radius 2 is 1.03 bits per heavy atom. The molecule has 0 fully saturated rings. The molecule has 0 aliphatic carbocycles. The van der Waals surface area contributed by atoms with E-state index >= 15 is 8.78 Å². The monoisotopic (exact) mass is 530 g/mol. The number of benzene rings is 4. The molecule has 0 aliphatic rings. The summed E-state index contributed by atoms with van der Waals surface area (Å²) in [7, 11) is 0. The molecule has 37 heavy (non-hydrogen) atoms. The van der Waals surface area contributed by atoms with Crippen LogP contribution in [0.1, 0.15) is 18.2 Å². The normalized spacial score (nSPS) is 11.5. The maximum Gasteiger partial charge on any atom is 0.194 e. The molecule has 188 valence electrons. The summed E-state index contributed by atoms with van der Waals surface area (Å²) in [6.45, 7) is 2.08. The lowest BCUT2D eigenvalue weighted by atomic mass is 9.95. The molecule has 0 radical (unpaired) electrons. The summed E-state index contributed by atoms with van der Waals surface area (Å²) in [5.74, 6) is -9.79. The van der Waals surface area contributed by atoms with E-state index in [1.54, 1.807) is 17.4 Å². The van der Waals surface area contributed by atoms with Crippen molar-refractivity contribution in [2.24, 2.45) is 0 Å². The Kier molecular flexibility index (Phi) is 6.54. The third-order valence-electron chi connectivity index (χ3n) is 6.05. The van der Waals surface area contributed by atoms with E-state index in [9.17, 15) is 22.0 Å². The van der Waals surface area contributed by atoms with Crippen molar-refractivity contribution in [2.45, 2.75) is 19.8 Å². The number of hydrogen-bond donors (Lipinski definition) is 0. The lowest BCUT2D eigenvalue weighted by Crippen LogP contribution is -1.98. The first-order valence-corrected chi connectivity index (χ1v) is 12.1. The molecule has 1 heterocycles. The van der Waals surface area contributed by atoms with E-state index in [0.717, 1.165) is 35.1 Å². The minimum Gasteiger partial charge on any atom is -0.206 e. The van der Waals surface area contributed by atoms with Crippen LogP contribution >= 0.6 is 11.3 Å². The number of thiophene rings is 1. The van der Waals surface area contributed by atoms with Gasteiger partial charge in [0.05, 0.1) is 11.1 Å². The second-order valence-corrected chi connectivity index (χ2v) is 9.77. The Hall–Kier alpha value is -3.65. The van der Waals surface area contributed by atoms with Crippen LogP contribution in [0.3, 0.4) is 0 Å². The van der Waals surface area contributed by atoms with Crippen LogP contribution in [0.25, 0.3) is 43.5 Å². The van der Waals surface area contributed by atoms with Gasteiger partial charge in [0.15, 0.2) is 17.5 Å². The van der Waals surface area contributed by atoms with Crippen molar-refractivity contribution in [3.05, 3.63) is 106 Å². The molecule has 0 N–H and O–H groups in total. The van der Waals surface area contributed by atoms with Crippen molar-refractivity contribution in [3.8, 4) is 33.4 Å². The van der Waals surface area contributed by atoms with Gasteiger partial charge in [-0.15, -0.1) is 11.3 Å². The zero-order chi connectivity index (χ0) is 26.4. The molecule has 0 unspecified atom stereocenters. The molecule has 0 atom stereocenters. The number of hydrogen-bond acceptors (Lipinski definition) is 1. The van der Waals surface area contributed by atoms with E-state index < -0.39 is 63.0 Å². The van der Waals surface area contributed by atoms with Crippen LogP contribution in [0.4, 0.5) is 30.7 Å². The maximum atomic E-state index is 15.1. The Morgan fingerprint density at radius 3 is 1.54 bits per heavy atom. The topological polar surface area (TPSA) is 0 Å². The van der Waals surface area contributed by atoms with E-state index in [-0.39, 0.29) is 5.56 Å². The number of aryl methyl sites for hydroxylation is 1. The van der Waals surface area contributed by atoms with Crippen LogP contribution in [0.15, 0.2) is 60.7 Å². The Bertz CT molecular complexity index is 1600. The highest BCUT2D eigenvalue weighted by molar-refractivity contribution is 7.19. The third kappa shape index (κ3) is 4.62. The average molecular weight is 531 g/mol. The fourth-order valence-electron chi connectivity index (χ4n) is 4.34. The first kappa shape index (κ1) is 25.0. The standard InChI is InChI=1S/C29H17F7S/c1-2-3-19-6-15-5-4-14(13-26(15)37-19)16-7-20(30)27(21(31)8-16)17-9-22(32)28(23(33)10-17)18-11-24(34)29(36)25(35)12-18/h4-13H,2-3H2,1H3. The van der Waals surface area contributed by atoms with Crippen LogP contribution in [-0.4, -0.2) is 0 Å². The number of halogens is 7. The minimum absolute atomic E-state index is 0.251. The van der Waals surface area contributed by atoms with Crippen molar-refractivity contribution < 1.29 is 30.7 Å². The van der Waals surface area contributed by atoms with E-state index in [4.69, 9.17) is 0 Å². The molecule has 5 aromatic rings. The van der Waals surface area contributed by atoms with Crippen LogP contribution < -0.4 is 0 Å². The molecule has 0 bridgehead atoms. The van der Waals surface area contributed by atoms with Gasteiger partial charge in [0.25, 0.3) is 0 Å². The Morgan fingerprint density at radius 1 is 0.541 bits per heavy atom. The maximum absolute atomic E-state index is 15.1. The summed E-state index contributed by atoms with van der Waals surface area (Å²) in [5, 5.41) is 1.03. The molecule has 0 spiro atoms. The third-order valence-corrected chi connectivity index (χ3v) is 7.20. The highest BCUT2D eigenvalue weighted by atomic mass is 32.1. The van der Waals surface area contributed by atoms with Gasteiger partial charge in [-0.1, -0.05) is 25.5 Å². The number of rotatable bonds is 5. The summed E-state index contributed by atoms with van der Waals surface area (Å²) in [4.78, 5) is 1.21. The van der Waals surface area contributed by atoms with Gasteiger partial charge in [-0.25, -0.2) is 30.7 Å². The predicted molar refractivity (Wildman–Crippen MR) is 132 cm³/mol.